The average Bonchev–Trinajstić information content (AvgIpc) is 2.19. The number of rotatable bonds is 2. The quantitative estimate of drug-likeness (QED) is 0.753. The van der Waals surface area contributed by atoms with Crippen molar-refractivity contribution >= 4 is 0 Å². The molecule has 0 bridgehead atoms. The average molecular weight is 203 g/mol. The molecule has 0 aliphatic heterocycles. The Bertz CT molecular complexity index is 415. The molecule has 2 rings (SSSR count). The second kappa shape index (κ2) is 5.12. The molecule has 0 amide bonds. The van der Waals surface area contributed by atoms with Crippen molar-refractivity contribution in [1.82, 2.24) is 0 Å². The van der Waals surface area contributed by atoms with Crippen LogP contribution >= 0.6 is 0 Å². The lowest BCUT2D eigenvalue weighted by Crippen LogP contribution is -2.32. The van der Waals surface area contributed by atoms with E-state index in [0.717, 1.165) is 6.54 Å². The maximum Gasteiger partial charge on any atom is 0.211 e. The Morgan fingerprint density at radius 1 is 1.00 bits per heavy atom. The van der Waals surface area contributed by atoms with E-state index in [1.165, 1.54) is 5.56 Å². The molecule has 2 aromatic rings. The van der Waals surface area contributed by atoms with Gasteiger partial charge in [0.15, 0.2) is 18.5 Å². The minimum atomic E-state index is 0. The highest BCUT2D eigenvalue weighted by molar-refractivity contribution is 5.14. The van der Waals surface area contributed by atoms with Crippen LogP contribution < -0.4 is 4.57 Å². The molecule has 78 valence electrons. The fraction of sp³-hybridized carbons (Fsp3) is 0.0833. The van der Waals surface area contributed by atoms with Crippen molar-refractivity contribution in [3.05, 3.63) is 60.4 Å². The van der Waals surface area contributed by atoms with Crippen LogP contribution in [0.3, 0.4) is 0 Å². The predicted octanol–water partition coefficient (Wildman–Crippen LogP) is 1.55. The SMILES string of the molecule is Oc1ccc[n+](Cc2ccccc2)c1.[OH-]. The second-order valence-corrected chi connectivity index (χ2v) is 3.22. The van der Waals surface area contributed by atoms with Crippen molar-refractivity contribution < 1.29 is 15.1 Å². The van der Waals surface area contributed by atoms with Gasteiger partial charge in [0.05, 0.1) is 0 Å². The maximum absolute atomic E-state index is 9.27. The third-order valence-electron chi connectivity index (χ3n) is 2.05. The molecule has 15 heavy (non-hydrogen) atoms. The zero-order chi connectivity index (χ0) is 9.80. The third-order valence-corrected chi connectivity index (χ3v) is 2.05. The fourth-order valence-corrected chi connectivity index (χ4v) is 1.40. The first-order valence-electron chi connectivity index (χ1n) is 4.56. The highest BCUT2D eigenvalue weighted by Gasteiger charge is 2.01. The molecule has 0 saturated carbocycles. The number of aromatic hydroxyl groups is 1. The van der Waals surface area contributed by atoms with Gasteiger partial charge in [-0.05, 0) is 6.07 Å². The zero-order valence-electron chi connectivity index (χ0n) is 8.24. The van der Waals surface area contributed by atoms with Crippen LogP contribution in [-0.4, -0.2) is 10.6 Å². The summed E-state index contributed by atoms with van der Waals surface area (Å²) in [5.74, 6) is 0.295. The van der Waals surface area contributed by atoms with Crippen molar-refractivity contribution in [2.45, 2.75) is 6.54 Å². The Hall–Kier alpha value is -1.87. The number of hydrogen-bond donors (Lipinski definition) is 1. The first kappa shape index (κ1) is 11.2. The first-order valence-corrected chi connectivity index (χ1v) is 4.56. The largest absolute Gasteiger partial charge is 0.870 e. The lowest BCUT2D eigenvalue weighted by Gasteiger charge is -1.97. The van der Waals surface area contributed by atoms with E-state index < -0.39 is 0 Å². The van der Waals surface area contributed by atoms with Crippen LogP contribution in [0, 0.1) is 0 Å². The molecule has 2 N–H and O–H groups in total. The maximum atomic E-state index is 9.27. The fourth-order valence-electron chi connectivity index (χ4n) is 1.40. The molecule has 1 aromatic heterocycles. The van der Waals surface area contributed by atoms with Crippen LogP contribution in [-0.2, 0) is 6.54 Å². The van der Waals surface area contributed by atoms with E-state index >= 15 is 0 Å². The van der Waals surface area contributed by atoms with Crippen LogP contribution in [0.1, 0.15) is 5.56 Å². The minimum absolute atomic E-state index is 0. The normalized spacial score (nSPS) is 9.33. The van der Waals surface area contributed by atoms with Gasteiger partial charge in [-0.25, -0.2) is 0 Å². The molecule has 1 aromatic carbocycles. The van der Waals surface area contributed by atoms with Gasteiger partial charge < -0.3 is 10.6 Å². The van der Waals surface area contributed by atoms with Gasteiger partial charge in [0, 0.05) is 11.6 Å². The summed E-state index contributed by atoms with van der Waals surface area (Å²) in [5, 5.41) is 9.27. The third kappa shape index (κ3) is 3.07. The summed E-state index contributed by atoms with van der Waals surface area (Å²) in [7, 11) is 0. The number of hydrogen-bond acceptors (Lipinski definition) is 2. The summed E-state index contributed by atoms with van der Waals surface area (Å²) in [6, 6.07) is 13.7. The van der Waals surface area contributed by atoms with Gasteiger partial charge in [0.2, 0.25) is 6.20 Å². The number of nitrogens with zero attached hydrogens (tertiary/aromatic N) is 1. The summed E-state index contributed by atoms with van der Waals surface area (Å²) in [5.41, 5.74) is 1.23. The highest BCUT2D eigenvalue weighted by atomic mass is 16.3. The second-order valence-electron chi connectivity index (χ2n) is 3.22. The zero-order valence-corrected chi connectivity index (χ0v) is 8.24. The van der Waals surface area contributed by atoms with Gasteiger partial charge in [-0.15, -0.1) is 0 Å². The van der Waals surface area contributed by atoms with Crippen molar-refractivity contribution in [1.29, 1.82) is 0 Å². The van der Waals surface area contributed by atoms with Crippen LogP contribution in [0.25, 0.3) is 0 Å². The van der Waals surface area contributed by atoms with Gasteiger partial charge in [-0.3, -0.25) is 0 Å². The topological polar surface area (TPSA) is 54.1 Å². The Morgan fingerprint density at radius 3 is 2.40 bits per heavy atom. The summed E-state index contributed by atoms with van der Waals surface area (Å²) in [6.07, 6.45) is 3.65. The number of benzene rings is 1. The molecule has 0 aliphatic rings. The van der Waals surface area contributed by atoms with E-state index in [9.17, 15) is 5.11 Å². The van der Waals surface area contributed by atoms with E-state index in [-0.39, 0.29) is 5.48 Å². The summed E-state index contributed by atoms with van der Waals surface area (Å²) in [4.78, 5) is 0. The molecule has 0 fully saturated rings. The summed E-state index contributed by atoms with van der Waals surface area (Å²) in [6.45, 7) is 0.787. The molecule has 0 aliphatic carbocycles. The van der Waals surface area contributed by atoms with Crippen LogP contribution in [0.4, 0.5) is 0 Å². The van der Waals surface area contributed by atoms with Crippen molar-refractivity contribution in [2.24, 2.45) is 0 Å². The standard InChI is InChI=1S/C12H11NO.H2O/c14-12-7-4-8-13(10-12)9-11-5-2-1-3-6-11;/h1-8,10H,9H2;1H2. The Labute approximate surface area is 88.6 Å². The van der Waals surface area contributed by atoms with E-state index in [2.05, 4.69) is 12.1 Å². The van der Waals surface area contributed by atoms with Crippen molar-refractivity contribution in [2.75, 3.05) is 0 Å². The van der Waals surface area contributed by atoms with Gasteiger partial charge in [-0.2, -0.15) is 4.57 Å². The summed E-state index contributed by atoms with van der Waals surface area (Å²) >= 11 is 0. The molecule has 0 atom stereocenters. The van der Waals surface area contributed by atoms with Gasteiger partial charge in [0.1, 0.15) is 0 Å². The summed E-state index contributed by atoms with van der Waals surface area (Å²) < 4.78 is 1.95. The molecule has 0 radical (unpaired) electrons. The van der Waals surface area contributed by atoms with Gasteiger partial charge in [0.25, 0.3) is 0 Å². The Kier molecular flexibility index (Phi) is 3.83. The van der Waals surface area contributed by atoms with E-state index in [1.54, 1.807) is 12.3 Å². The molecular formula is C12H13NO2. The minimum Gasteiger partial charge on any atom is -0.870 e. The van der Waals surface area contributed by atoms with E-state index in [1.807, 2.05) is 35.0 Å². The number of aromatic nitrogens is 1. The molecule has 0 saturated heterocycles. The van der Waals surface area contributed by atoms with Crippen LogP contribution in [0.2, 0.25) is 0 Å². The van der Waals surface area contributed by atoms with Crippen LogP contribution in [0.5, 0.6) is 5.75 Å². The predicted molar refractivity (Wildman–Crippen MR) is 55.8 cm³/mol. The lowest BCUT2D eigenvalue weighted by molar-refractivity contribution is -0.688. The molecule has 1 heterocycles. The molecule has 0 unspecified atom stereocenters. The smallest absolute Gasteiger partial charge is 0.211 e. The Morgan fingerprint density at radius 2 is 1.73 bits per heavy atom. The molecule has 3 heteroatoms. The van der Waals surface area contributed by atoms with Crippen molar-refractivity contribution in [3.8, 4) is 5.75 Å². The lowest BCUT2D eigenvalue weighted by atomic mass is 10.2. The van der Waals surface area contributed by atoms with Crippen molar-refractivity contribution in [3.63, 3.8) is 0 Å². The first-order chi connectivity index (χ1) is 6.84. The monoisotopic (exact) mass is 203 g/mol. The van der Waals surface area contributed by atoms with Gasteiger partial charge >= 0.3 is 0 Å². The molecular weight excluding hydrogens is 190 g/mol. The molecule has 0 spiro atoms. The number of pyridine rings is 1. The van der Waals surface area contributed by atoms with Crippen LogP contribution in [0.15, 0.2) is 54.9 Å². The highest BCUT2D eigenvalue weighted by Crippen LogP contribution is 2.02. The van der Waals surface area contributed by atoms with E-state index in [4.69, 9.17) is 0 Å². The van der Waals surface area contributed by atoms with Gasteiger partial charge in [-0.1, -0.05) is 30.3 Å². The van der Waals surface area contributed by atoms with E-state index in [0.29, 0.717) is 5.75 Å². The molecule has 3 nitrogen and oxygen atoms in total. The Balaban J connectivity index is 0.00000112.